The van der Waals surface area contributed by atoms with Gasteiger partial charge in [-0.25, -0.2) is 4.39 Å². The number of fused-ring (bicyclic) bond motifs is 2. The van der Waals surface area contributed by atoms with Crippen LogP contribution in [0.1, 0.15) is 40.5 Å². The highest BCUT2D eigenvalue weighted by molar-refractivity contribution is 6.12. The minimum absolute atomic E-state index is 0.112. The molecule has 0 aliphatic heterocycles. The van der Waals surface area contributed by atoms with Crippen LogP contribution < -0.4 is 9.47 Å². The van der Waals surface area contributed by atoms with Crippen LogP contribution in [0.2, 0.25) is 0 Å². The zero-order valence-electron chi connectivity index (χ0n) is 17.1. The highest BCUT2D eigenvalue weighted by atomic mass is 19.1. The van der Waals surface area contributed by atoms with Crippen LogP contribution in [0.5, 0.6) is 11.5 Å². The molecule has 0 N–H and O–H groups in total. The van der Waals surface area contributed by atoms with Crippen molar-refractivity contribution < 1.29 is 23.5 Å². The lowest BCUT2D eigenvalue weighted by Gasteiger charge is -2.17. The maximum atomic E-state index is 14.9. The van der Waals surface area contributed by atoms with Crippen molar-refractivity contribution in [2.24, 2.45) is 11.8 Å². The zero-order valence-corrected chi connectivity index (χ0v) is 17.1. The van der Waals surface area contributed by atoms with Crippen molar-refractivity contribution in [2.45, 2.75) is 40.5 Å². The summed E-state index contributed by atoms with van der Waals surface area (Å²) in [5, 5.41) is 1.65. The Kier molecular flexibility index (Phi) is 6.16. The molecule has 152 valence electrons. The summed E-state index contributed by atoms with van der Waals surface area (Å²) in [7, 11) is 0. The van der Waals surface area contributed by atoms with Crippen molar-refractivity contribution in [1.82, 2.24) is 0 Å². The number of rotatable bonds is 6. The summed E-state index contributed by atoms with van der Waals surface area (Å²) in [6.45, 7) is 7.67. The van der Waals surface area contributed by atoms with Gasteiger partial charge in [0.05, 0.1) is 5.39 Å². The summed E-state index contributed by atoms with van der Waals surface area (Å²) >= 11 is 0. The Labute approximate surface area is 169 Å². The minimum atomic E-state index is -0.540. The van der Waals surface area contributed by atoms with Gasteiger partial charge in [-0.1, -0.05) is 64.1 Å². The van der Waals surface area contributed by atoms with Gasteiger partial charge in [0.2, 0.25) is 0 Å². The standard InChI is InChI=1S/C24H25FO4/c1-14(2)12-20(26)28-23-16-8-5-6-9-17(16)24(29-21(27)13-15(3)4)22-18(23)10-7-11-19(22)25/h5-11,14-15H,12-13H2,1-4H3. The molecule has 4 nitrogen and oxygen atoms in total. The second-order valence-corrected chi connectivity index (χ2v) is 8.01. The normalized spacial score (nSPS) is 11.4. The Bertz CT molecular complexity index is 1070. The molecule has 0 heterocycles. The molecule has 5 heteroatoms. The van der Waals surface area contributed by atoms with Crippen LogP contribution in [0.25, 0.3) is 21.5 Å². The predicted octanol–water partition coefficient (Wildman–Crippen LogP) is 6.04. The smallest absolute Gasteiger partial charge is 0.311 e. The Morgan fingerprint density at radius 2 is 1.24 bits per heavy atom. The van der Waals surface area contributed by atoms with Crippen LogP contribution in [0, 0.1) is 17.7 Å². The zero-order chi connectivity index (χ0) is 21.1. The molecule has 0 radical (unpaired) electrons. The van der Waals surface area contributed by atoms with Crippen LogP contribution in [0.4, 0.5) is 4.39 Å². The monoisotopic (exact) mass is 396 g/mol. The molecule has 0 saturated heterocycles. The van der Waals surface area contributed by atoms with Crippen molar-refractivity contribution in [3.63, 3.8) is 0 Å². The third-order valence-corrected chi connectivity index (χ3v) is 4.48. The van der Waals surface area contributed by atoms with Crippen LogP contribution in [-0.2, 0) is 9.59 Å². The molecule has 0 bridgehead atoms. The topological polar surface area (TPSA) is 52.6 Å². The van der Waals surface area contributed by atoms with E-state index in [-0.39, 0.29) is 47.5 Å². The van der Waals surface area contributed by atoms with E-state index >= 15 is 0 Å². The van der Waals surface area contributed by atoms with Crippen LogP contribution in [0.3, 0.4) is 0 Å². The number of benzene rings is 3. The number of hydrogen-bond donors (Lipinski definition) is 0. The molecule has 3 aromatic rings. The van der Waals surface area contributed by atoms with Crippen molar-refractivity contribution in [2.75, 3.05) is 0 Å². The minimum Gasteiger partial charge on any atom is -0.425 e. The molecule has 0 atom stereocenters. The lowest BCUT2D eigenvalue weighted by atomic mass is 10.00. The summed E-state index contributed by atoms with van der Waals surface area (Å²) in [6.07, 6.45) is 0.464. The summed E-state index contributed by atoms with van der Waals surface area (Å²) in [6, 6.07) is 11.6. The summed E-state index contributed by atoms with van der Waals surface area (Å²) in [5.74, 6) is -0.678. The van der Waals surface area contributed by atoms with E-state index in [1.165, 1.54) is 6.07 Å². The quantitative estimate of drug-likeness (QED) is 0.290. The molecule has 0 aliphatic carbocycles. The number of hydrogen-bond acceptors (Lipinski definition) is 4. The van der Waals surface area contributed by atoms with Gasteiger partial charge in [-0.15, -0.1) is 0 Å². The Balaban J connectivity index is 2.25. The number of esters is 2. The largest absolute Gasteiger partial charge is 0.425 e. The second-order valence-electron chi connectivity index (χ2n) is 8.01. The molecular weight excluding hydrogens is 371 g/mol. The lowest BCUT2D eigenvalue weighted by Crippen LogP contribution is -2.13. The van der Waals surface area contributed by atoms with Crippen LogP contribution in [0.15, 0.2) is 42.5 Å². The molecule has 0 saturated carbocycles. The van der Waals surface area contributed by atoms with E-state index in [1.54, 1.807) is 36.4 Å². The van der Waals surface area contributed by atoms with Gasteiger partial charge in [0.15, 0.2) is 0 Å². The molecule has 0 aliphatic rings. The third-order valence-electron chi connectivity index (χ3n) is 4.48. The van der Waals surface area contributed by atoms with E-state index in [2.05, 4.69) is 0 Å². The predicted molar refractivity (Wildman–Crippen MR) is 112 cm³/mol. The summed E-state index contributed by atoms with van der Waals surface area (Å²) in [5.41, 5.74) is 0. The lowest BCUT2D eigenvalue weighted by molar-refractivity contribution is -0.136. The molecule has 0 spiro atoms. The van der Waals surface area contributed by atoms with Crippen molar-refractivity contribution >= 4 is 33.5 Å². The van der Waals surface area contributed by atoms with Gasteiger partial charge in [0.25, 0.3) is 0 Å². The van der Waals surface area contributed by atoms with Gasteiger partial charge in [0.1, 0.15) is 17.3 Å². The van der Waals surface area contributed by atoms with E-state index < -0.39 is 11.8 Å². The van der Waals surface area contributed by atoms with Crippen molar-refractivity contribution in [3.8, 4) is 11.5 Å². The fraction of sp³-hybridized carbons (Fsp3) is 0.333. The number of carbonyl (C=O) groups excluding carboxylic acids is 2. The summed E-state index contributed by atoms with van der Waals surface area (Å²) < 4.78 is 26.2. The van der Waals surface area contributed by atoms with Crippen molar-refractivity contribution in [1.29, 1.82) is 0 Å². The van der Waals surface area contributed by atoms with Crippen molar-refractivity contribution in [3.05, 3.63) is 48.3 Å². The number of ether oxygens (including phenoxy) is 2. The van der Waals surface area contributed by atoms with Gasteiger partial charge in [-0.05, 0) is 17.9 Å². The first-order valence-electron chi connectivity index (χ1n) is 9.82. The first-order chi connectivity index (χ1) is 13.8. The first-order valence-corrected chi connectivity index (χ1v) is 9.82. The molecule has 29 heavy (non-hydrogen) atoms. The van der Waals surface area contributed by atoms with Gasteiger partial charge in [-0.2, -0.15) is 0 Å². The Hall–Kier alpha value is -2.95. The van der Waals surface area contributed by atoms with E-state index in [0.717, 1.165) is 0 Å². The maximum Gasteiger partial charge on any atom is 0.311 e. The highest BCUT2D eigenvalue weighted by Gasteiger charge is 2.22. The van der Waals surface area contributed by atoms with E-state index in [0.29, 0.717) is 16.2 Å². The first kappa shape index (κ1) is 20.8. The molecule has 3 rings (SSSR count). The molecule has 0 unspecified atom stereocenters. The highest BCUT2D eigenvalue weighted by Crippen LogP contribution is 2.44. The fourth-order valence-corrected chi connectivity index (χ4v) is 3.30. The van der Waals surface area contributed by atoms with E-state index in [9.17, 15) is 14.0 Å². The van der Waals surface area contributed by atoms with Gasteiger partial charge < -0.3 is 9.47 Å². The van der Waals surface area contributed by atoms with Crippen LogP contribution >= 0.6 is 0 Å². The maximum absolute atomic E-state index is 14.9. The third kappa shape index (κ3) is 4.56. The van der Waals surface area contributed by atoms with Gasteiger partial charge in [0, 0.05) is 29.0 Å². The van der Waals surface area contributed by atoms with Gasteiger partial charge in [-0.3, -0.25) is 9.59 Å². The van der Waals surface area contributed by atoms with Gasteiger partial charge >= 0.3 is 11.9 Å². The molecule has 3 aromatic carbocycles. The van der Waals surface area contributed by atoms with Crippen LogP contribution in [-0.4, -0.2) is 11.9 Å². The van der Waals surface area contributed by atoms with E-state index in [4.69, 9.17) is 9.47 Å². The fourth-order valence-electron chi connectivity index (χ4n) is 3.30. The number of halogens is 1. The summed E-state index contributed by atoms with van der Waals surface area (Å²) in [4.78, 5) is 24.8. The number of carbonyl (C=O) groups is 2. The average Bonchev–Trinajstić information content (AvgIpc) is 2.63. The molecular formula is C24H25FO4. The second kappa shape index (κ2) is 8.60. The molecule has 0 aromatic heterocycles. The Morgan fingerprint density at radius 1 is 0.759 bits per heavy atom. The SMILES string of the molecule is CC(C)CC(=O)Oc1c2ccccc2c(OC(=O)CC(C)C)c2c(F)cccc12. The Morgan fingerprint density at radius 3 is 1.79 bits per heavy atom. The molecule has 0 fully saturated rings. The van der Waals surface area contributed by atoms with E-state index in [1.807, 2.05) is 27.7 Å². The average molecular weight is 396 g/mol. The molecule has 0 amide bonds.